The number of imidazole rings is 1. The molecule has 0 aliphatic carbocycles. The second-order valence-electron chi connectivity index (χ2n) is 3.22. The fraction of sp³-hybridized carbons (Fsp3) is 0.500. The van der Waals surface area contributed by atoms with Gasteiger partial charge < -0.3 is 0 Å². The summed E-state index contributed by atoms with van der Waals surface area (Å²) in [6, 6.07) is 0. The summed E-state index contributed by atoms with van der Waals surface area (Å²) < 4.78 is 5.54. The molecule has 1 rings (SSSR count). The Morgan fingerprint density at radius 1 is 1.81 bits per heavy atom. The van der Waals surface area contributed by atoms with Crippen LogP contribution >= 0.6 is 0 Å². The van der Waals surface area contributed by atoms with Gasteiger partial charge in [0, 0.05) is 0 Å². The molecule has 0 N–H and O–H groups in total. The van der Waals surface area contributed by atoms with E-state index < -0.39 is 14.2 Å². The SMILES string of the molecule is CCOC(=O)[CH]([Na])n1c([N+](=O)[O-])cnc1C. The first-order valence-corrected chi connectivity index (χ1v) is 5.99. The first-order valence-electron chi connectivity index (χ1n) is 4.83. The van der Waals surface area contributed by atoms with Crippen LogP contribution in [0.2, 0.25) is 0 Å². The number of carbonyl (C=O) groups excluding carboxylic acids is 1. The maximum atomic E-state index is 11.5. The molecule has 1 heterocycles. The zero-order chi connectivity index (χ0) is 12.3. The molecule has 0 aliphatic heterocycles. The second kappa shape index (κ2) is 5.42. The normalized spacial score (nSPS) is 12.2. The molecule has 0 saturated heterocycles. The molecule has 0 spiro atoms. The average molecular weight is 235 g/mol. The van der Waals surface area contributed by atoms with E-state index in [4.69, 9.17) is 4.74 Å². The van der Waals surface area contributed by atoms with Crippen molar-refractivity contribution in [3.63, 3.8) is 0 Å². The van der Waals surface area contributed by atoms with Crippen LogP contribution in [0.25, 0.3) is 0 Å². The number of aryl methyl sites for hydroxylation is 1. The minimum atomic E-state index is -0.608. The van der Waals surface area contributed by atoms with Gasteiger partial charge >= 0.3 is 110 Å². The fourth-order valence-corrected chi connectivity index (χ4v) is 2.23. The third kappa shape index (κ3) is 2.60. The van der Waals surface area contributed by atoms with E-state index in [1.165, 1.54) is 4.57 Å². The Bertz CT molecular complexity index is 417. The predicted molar refractivity (Wildman–Crippen MR) is 55.0 cm³/mol. The molecule has 16 heavy (non-hydrogen) atoms. The molecule has 0 bridgehead atoms. The van der Waals surface area contributed by atoms with Gasteiger partial charge in [-0.3, -0.25) is 0 Å². The van der Waals surface area contributed by atoms with Crippen LogP contribution in [-0.4, -0.2) is 55.0 Å². The number of hydrogen-bond donors (Lipinski definition) is 0. The molecular formula is C8H10N3NaO4. The van der Waals surface area contributed by atoms with Crippen molar-refractivity contribution in [1.82, 2.24) is 9.55 Å². The van der Waals surface area contributed by atoms with Crippen LogP contribution in [0.1, 0.15) is 16.0 Å². The van der Waals surface area contributed by atoms with E-state index in [0.717, 1.165) is 6.20 Å². The van der Waals surface area contributed by atoms with E-state index in [9.17, 15) is 14.9 Å². The molecule has 1 aromatic rings. The predicted octanol–water partition coefficient (Wildman–Crippen LogP) is 0.330. The number of nitro groups is 1. The Balaban J connectivity index is 3.06. The van der Waals surface area contributed by atoms with Crippen LogP contribution in [0.15, 0.2) is 6.20 Å². The van der Waals surface area contributed by atoms with Gasteiger partial charge in [0.25, 0.3) is 0 Å². The van der Waals surface area contributed by atoms with Gasteiger partial charge in [-0.15, -0.1) is 0 Å². The molecule has 0 amide bonds. The molecule has 1 atom stereocenters. The average Bonchev–Trinajstić information content (AvgIpc) is 2.59. The summed E-state index contributed by atoms with van der Waals surface area (Å²) in [7, 11) is 0. The van der Waals surface area contributed by atoms with Gasteiger partial charge in [0.2, 0.25) is 0 Å². The molecule has 0 fully saturated rings. The molecule has 7 nitrogen and oxygen atoms in total. The molecule has 0 saturated carbocycles. The quantitative estimate of drug-likeness (QED) is 0.325. The van der Waals surface area contributed by atoms with Crippen molar-refractivity contribution in [1.29, 1.82) is 0 Å². The van der Waals surface area contributed by atoms with E-state index in [2.05, 4.69) is 4.98 Å². The van der Waals surface area contributed by atoms with Crippen molar-refractivity contribution in [2.75, 3.05) is 6.61 Å². The molecular weight excluding hydrogens is 225 g/mol. The first-order chi connectivity index (χ1) is 7.49. The maximum absolute atomic E-state index is 11.5. The Kier molecular flexibility index (Phi) is 4.45. The van der Waals surface area contributed by atoms with Gasteiger partial charge in [0.1, 0.15) is 0 Å². The van der Waals surface area contributed by atoms with Crippen LogP contribution in [0.5, 0.6) is 0 Å². The van der Waals surface area contributed by atoms with Gasteiger partial charge in [0.05, 0.1) is 0 Å². The van der Waals surface area contributed by atoms with E-state index in [1.807, 2.05) is 0 Å². The molecule has 0 aromatic carbocycles. The van der Waals surface area contributed by atoms with Crippen molar-refractivity contribution in [3.8, 4) is 0 Å². The summed E-state index contributed by atoms with van der Waals surface area (Å²) in [5, 5.41) is 10.7. The summed E-state index contributed by atoms with van der Waals surface area (Å²) >= 11 is 0.427. The molecule has 8 heteroatoms. The van der Waals surface area contributed by atoms with Gasteiger partial charge in [-0.05, 0) is 0 Å². The number of nitrogens with zero attached hydrogens (tertiary/aromatic N) is 3. The van der Waals surface area contributed by atoms with Crippen molar-refractivity contribution >= 4 is 39.7 Å². The van der Waals surface area contributed by atoms with E-state index in [1.54, 1.807) is 13.8 Å². The first kappa shape index (κ1) is 13.1. The molecule has 0 radical (unpaired) electrons. The summed E-state index contributed by atoms with van der Waals surface area (Å²) in [5.41, 5.74) is 0. The molecule has 1 unspecified atom stereocenters. The summed E-state index contributed by atoms with van der Waals surface area (Å²) in [6.45, 7) is 3.58. The van der Waals surface area contributed by atoms with Gasteiger partial charge in [-0.1, -0.05) is 0 Å². The van der Waals surface area contributed by atoms with E-state index in [0.29, 0.717) is 33.8 Å². The van der Waals surface area contributed by atoms with Crippen LogP contribution in [-0.2, 0) is 9.53 Å². The Labute approximate surface area is 109 Å². The monoisotopic (exact) mass is 235 g/mol. The number of rotatable bonds is 4. The third-order valence-electron chi connectivity index (χ3n) is 2.16. The van der Waals surface area contributed by atoms with Gasteiger partial charge in [-0.2, -0.15) is 0 Å². The molecule has 1 aromatic heterocycles. The van der Waals surface area contributed by atoms with Crippen LogP contribution in [0.4, 0.5) is 5.82 Å². The molecule has 0 aliphatic rings. The number of ether oxygens (including phenoxy) is 1. The van der Waals surface area contributed by atoms with E-state index >= 15 is 0 Å². The van der Waals surface area contributed by atoms with Gasteiger partial charge in [-0.25, -0.2) is 0 Å². The standard InChI is InChI=1S/C8H10N3O4.Na/c1-3-15-8(12)5-10-6(2)9-4-7(10)11(13)14;/h4-5H,3H2,1-2H3;. The Morgan fingerprint density at radius 2 is 2.44 bits per heavy atom. The number of aromatic nitrogens is 2. The number of hydrogen-bond acceptors (Lipinski definition) is 5. The Hall–Kier alpha value is -0.920. The summed E-state index contributed by atoms with van der Waals surface area (Å²) in [6.07, 6.45) is 1.15. The number of esters is 1. The topological polar surface area (TPSA) is 87.3 Å². The second-order valence-corrected chi connectivity index (χ2v) is 4.31. The van der Waals surface area contributed by atoms with Gasteiger partial charge in [0.15, 0.2) is 0 Å². The van der Waals surface area contributed by atoms with Crippen LogP contribution < -0.4 is 0 Å². The summed E-state index contributed by atoms with van der Waals surface area (Å²) in [5.74, 6) is -0.177. The zero-order valence-electron chi connectivity index (χ0n) is 9.34. The third-order valence-corrected chi connectivity index (χ3v) is 3.15. The fourth-order valence-electron chi connectivity index (χ4n) is 1.42. The van der Waals surface area contributed by atoms with Crippen molar-refractivity contribution < 1.29 is 14.5 Å². The van der Waals surface area contributed by atoms with Crippen LogP contribution in [0.3, 0.4) is 0 Å². The Morgan fingerprint density at radius 3 is 2.94 bits per heavy atom. The van der Waals surface area contributed by atoms with Crippen molar-refractivity contribution in [3.05, 3.63) is 22.1 Å². The zero-order valence-corrected chi connectivity index (χ0v) is 11.3. The van der Waals surface area contributed by atoms with Crippen molar-refractivity contribution in [2.24, 2.45) is 0 Å². The number of carbonyl (C=O) groups is 1. The van der Waals surface area contributed by atoms with Crippen molar-refractivity contribution in [2.45, 2.75) is 17.1 Å². The van der Waals surface area contributed by atoms with Crippen LogP contribution in [0, 0.1) is 17.0 Å². The summed E-state index contributed by atoms with van der Waals surface area (Å²) in [4.78, 5) is 25.5. The molecule has 82 valence electrons. The van der Waals surface area contributed by atoms with E-state index in [-0.39, 0.29) is 12.4 Å². The minimum absolute atomic E-state index is 0.175.